The van der Waals surface area contributed by atoms with E-state index < -0.39 is 9.84 Å². The van der Waals surface area contributed by atoms with Gasteiger partial charge in [0, 0.05) is 6.20 Å². The molecule has 1 aliphatic heterocycles. The predicted molar refractivity (Wildman–Crippen MR) is 77.3 cm³/mol. The summed E-state index contributed by atoms with van der Waals surface area (Å²) in [4.78, 5) is 0. The van der Waals surface area contributed by atoms with Crippen LogP contribution in [0.4, 0.5) is 0 Å². The van der Waals surface area contributed by atoms with Crippen LogP contribution in [0.25, 0.3) is 0 Å². The van der Waals surface area contributed by atoms with Crippen LogP contribution in [0.3, 0.4) is 0 Å². The van der Waals surface area contributed by atoms with Gasteiger partial charge in [-0.2, -0.15) is 5.10 Å². The van der Waals surface area contributed by atoms with E-state index in [0.717, 1.165) is 5.69 Å². The summed E-state index contributed by atoms with van der Waals surface area (Å²) < 4.78 is 25.1. The molecule has 0 saturated carbocycles. The Morgan fingerprint density at radius 3 is 2.37 bits per heavy atom. The molecule has 1 aliphatic rings. The molecule has 2 rings (SSSR count). The van der Waals surface area contributed by atoms with Crippen molar-refractivity contribution in [3.8, 4) is 0 Å². The second-order valence-electron chi connectivity index (χ2n) is 6.87. The lowest BCUT2D eigenvalue weighted by Crippen LogP contribution is -2.13. The molecule has 1 aromatic rings. The zero-order chi connectivity index (χ0) is 14.4. The van der Waals surface area contributed by atoms with Crippen molar-refractivity contribution in [1.82, 2.24) is 9.78 Å². The van der Waals surface area contributed by atoms with Crippen LogP contribution >= 0.6 is 0 Å². The third-order valence-electron chi connectivity index (χ3n) is 3.70. The summed E-state index contributed by atoms with van der Waals surface area (Å²) >= 11 is 0. The topological polar surface area (TPSA) is 52.0 Å². The van der Waals surface area contributed by atoms with E-state index in [1.807, 2.05) is 4.68 Å². The maximum absolute atomic E-state index is 11.6. The molecule has 1 unspecified atom stereocenters. The van der Waals surface area contributed by atoms with Gasteiger partial charge in [0.1, 0.15) is 0 Å². The van der Waals surface area contributed by atoms with Crippen molar-refractivity contribution in [3.63, 3.8) is 0 Å². The first kappa shape index (κ1) is 14.6. The van der Waals surface area contributed by atoms with E-state index >= 15 is 0 Å². The van der Waals surface area contributed by atoms with Crippen LogP contribution in [0.2, 0.25) is 0 Å². The average Bonchev–Trinajstić information content (AvgIpc) is 2.79. The van der Waals surface area contributed by atoms with Gasteiger partial charge in [0.05, 0.1) is 23.2 Å². The van der Waals surface area contributed by atoms with Gasteiger partial charge < -0.3 is 0 Å². The van der Waals surface area contributed by atoms with E-state index in [4.69, 9.17) is 0 Å². The SMILES string of the molecule is CC(C)c1nn(C2CCS(=O)(=O)C2)cc1C(C)(C)C. The molecule has 0 aliphatic carbocycles. The fourth-order valence-corrected chi connectivity index (χ4v) is 4.28. The van der Waals surface area contributed by atoms with Crippen molar-refractivity contribution >= 4 is 9.84 Å². The number of hydrogen-bond donors (Lipinski definition) is 0. The smallest absolute Gasteiger partial charge is 0.152 e. The highest BCUT2D eigenvalue weighted by Gasteiger charge is 2.32. The molecule has 4 nitrogen and oxygen atoms in total. The van der Waals surface area contributed by atoms with Gasteiger partial charge in [-0.15, -0.1) is 0 Å². The van der Waals surface area contributed by atoms with E-state index in [0.29, 0.717) is 18.1 Å². The van der Waals surface area contributed by atoms with Gasteiger partial charge >= 0.3 is 0 Å². The molecule has 1 atom stereocenters. The first-order valence-corrected chi connectivity index (χ1v) is 8.72. The van der Waals surface area contributed by atoms with Crippen LogP contribution in [-0.2, 0) is 15.3 Å². The first-order chi connectivity index (χ1) is 8.60. The van der Waals surface area contributed by atoms with Crippen molar-refractivity contribution in [3.05, 3.63) is 17.5 Å². The molecule has 1 aromatic heterocycles. The van der Waals surface area contributed by atoms with Crippen LogP contribution < -0.4 is 0 Å². The number of sulfone groups is 1. The number of nitrogens with zero attached hydrogens (tertiary/aromatic N) is 2. The minimum atomic E-state index is -2.86. The summed E-state index contributed by atoms with van der Waals surface area (Å²) in [7, 11) is -2.86. The zero-order valence-electron chi connectivity index (χ0n) is 12.5. The second kappa shape index (κ2) is 4.62. The Labute approximate surface area is 116 Å². The quantitative estimate of drug-likeness (QED) is 0.839. The van der Waals surface area contributed by atoms with E-state index in [1.54, 1.807) is 0 Å². The van der Waals surface area contributed by atoms with Gasteiger partial charge in [-0.25, -0.2) is 8.42 Å². The molecular weight excluding hydrogens is 260 g/mol. The van der Waals surface area contributed by atoms with Gasteiger partial charge in [0.25, 0.3) is 0 Å². The van der Waals surface area contributed by atoms with Crippen molar-refractivity contribution in [2.75, 3.05) is 11.5 Å². The highest BCUT2D eigenvalue weighted by Crippen LogP contribution is 2.32. The molecule has 0 N–H and O–H groups in total. The lowest BCUT2D eigenvalue weighted by molar-refractivity contribution is 0.491. The standard InChI is InChI=1S/C14H24N2O2S/c1-10(2)13-12(14(3,4)5)8-16(15-13)11-6-7-19(17,18)9-11/h8,10-11H,6-7,9H2,1-5H3. The van der Waals surface area contributed by atoms with Crippen molar-refractivity contribution in [2.24, 2.45) is 0 Å². The molecule has 1 fully saturated rings. The molecule has 0 amide bonds. The van der Waals surface area contributed by atoms with Crippen LogP contribution in [0, 0.1) is 0 Å². The summed E-state index contributed by atoms with van der Waals surface area (Å²) in [5, 5.41) is 4.68. The van der Waals surface area contributed by atoms with Crippen molar-refractivity contribution in [1.29, 1.82) is 0 Å². The molecule has 19 heavy (non-hydrogen) atoms. The second-order valence-corrected chi connectivity index (χ2v) is 9.10. The lowest BCUT2D eigenvalue weighted by atomic mass is 9.85. The highest BCUT2D eigenvalue weighted by atomic mass is 32.2. The summed E-state index contributed by atoms with van der Waals surface area (Å²) in [5.74, 6) is 0.878. The predicted octanol–water partition coefficient (Wildman–Crippen LogP) is 2.66. The molecule has 0 bridgehead atoms. The van der Waals surface area contributed by atoms with Crippen LogP contribution in [0.15, 0.2) is 6.20 Å². The highest BCUT2D eigenvalue weighted by molar-refractivity contribution is 7.91. The third-order valence-corrected chi connectivity index (χ3v) is 5.45. The van der Waals surface area contributed by atoms with Gasteiger partial charge in [-0.1, -0.05) is 34.6 Å². The van der Waals surface area contributed by atoms with Crippen molar-refractivity contribution < 1.29 is 8.42 Å². The minimum Gasteiger partial charge on any atom is -0.268 e. The van der Waals surface area contributed by atoms with E-state index in [2.05, 4.69) is 45.9 Å². The van der Waals surface area contributed by atoms with E-state index in [9.17, 15) is 8.42 Å². The van der Waals surface area contributed by atoms with Gasteiger partial charge in [-0.3, -0.25) is 4.68 Å². The minimum absolute atomic E-state index is 0.0126. The molecule has 5 heteroatoms. The molecule has 0 radical (unpaired) electrons. The summed E-state index contributed by atoms with van der Waals surface area (Å²) in [6, 6.07) is 0.0126. The average molecular weight is 284 g/mol. The van der Waals surface area contributed by atoms with E-state index in [-0.39, 0.29) is 17.2 Å². The van der Waals surface area contributed by atoms with Gasteiger partial charge in [0.15, 0.2) is 9.84 Å². The molecule has 1 saturated heterocycles. The maximum Gasteiger partial charge on any atom is 0.152 e. The third kappa shape index (κ3) is 3.02. The Balaban J connectivity index is 2.39. The fraction of sp³-hybridized carbons (Fsp3) is 0.786. The van der Waals surface area contributed by atoms with Crippen LogP contribution in [0.5, 0.6) is 0 Å². The summed E-state index contributed by atoms with van der Waals surface area (Å²) in [6.07, 6.45) is 2.74. The first-order valence-electron chi connectivity index (χ1n) is 6.90. The van der Waals surface area contributed by atoms with Gasteiger partial charge in [-0.05, 0) is 23.3 Å². The Bertz CT molecular complexity index is 565. The molecular formula is C14H24N2O2S. The summed E-state index contributed by atoms with van der Waals surface area (Å²) in [6.45, 7) is 10.8. The van der Waals surface area contributed by atoms with E-state index in [1.165, 1.54) is 5.56 Å². The van der Waals surface area contributed by atoms with Gasteiger partial charge in [0.2, 0.25) is 0 Å². The van der Waals surface area contributed by atoms with Crippen molar-refractivity contribution in [2.45, 2.75) is 58.4 Å². The molecule has 2 heterocycles. The number of hydrogen-bond acceptors (Lipinski definition) is 3. The number of aromatic nitrogens is 2. The Morgan fingerprint density at radius 2 is 2.00 bits per heavy atom. The Kier molecular flexibility index (Phi) is 3.54. The van der Waals surface area contributed by atoms with Crippen LogP contribution in [-0.4, -0.2) is 29.7 Å². The zero-order valence-corrected chi connectivity index (χ0v) is 13.3. The molecule has 108 valence electrons. The summed E-state index contributed by atoms with van der Waals surface area (Å²) in [5.41, 5.74) is 2.36. The normalized spacial score (nSPS) is 23.2. The molecule has 0 spiro atoms. The Morgan fingerprint density at radius 1 is 1.37 bits per heavy atom. The monoisotopic (exact) mass is 284 g/mol. The largest absolute Gasteiger partial charge is 0.268 e. The molecule has 0 aromatic carbocycles. The fourth-order valence-electron chi connectivity index (χ4n) is 2.58. The maximum atomic E-state index is 11.6. The Hall–Kier alpha value is -0.840. The van der Waals surface area contributed by atoms with Crippen LogP contribution in [0.1, 0.15) is 64.3 Å². The lowest BCUT2D eigenvalue weighted by Gasteiger charge is -2.19. The number of rotatable bonds is 2.